The minimum absolute atomic E-state index is 0.522. The lowest BCUT2D eigenvalue weighted by Gasteiger charge is -2.16. The fraction of sp³-hybridized carbons (Fsp3) is 0.625. The van der Waals surface area contributed by atoms with Crippen molar-refractivity contribution in [2.24, 2.45) is 5.92 Å². The van der Waals surface area contributed by atoms with E-state index in [9.17, 15) is 0 Å². The van der Waals surface area contributed by atoms with Crippen LogP contribution in [0.1, 0.15) is 39.2 Å². The summed E-state index contributed by atoms with van der Waals surface area (Å²) in [5.41, 5.74) is 1.17. The monoisotopic (exact) mass is 265 g/mol. The molecule has 0 amide bonds. The highest BCUT2D eigenvalue weighted by molar-refractivity contribution is 5.40. The van der Waals surface area contributed by atoms with Gasteiger partial charge in [-0.15, -0.1) is 0 Å². The zero-order valence-corrected chi connectivity index (χ0v) is 12.8. The molecule has 0 saturated heterocycles. The Morgan fingerprint density at radius 3 is 2.37 bits per heavy atom. The van der Waals surface area contributed by atoms with E-state index >= 15 is 0 Å². The van der Waals surface area contributed by atoms with Crippen LogP contribution < -0.4 is 14.8 Å². The van der Waals surface area contributed by atoms with Gasteiger partial charge < -0.3 is 14.8 Å². The van der Waals surface area contributed by atoms with Crippen LogP contribution in [0.5, 0.6) is 11.5 Å². The summed E-state index contributed by atoms with van der Waals surface area (Å²) >= 11 is 0. The molecule has 0 aliphatic heterocycles. The van der Waals surface area contributed by atoms with Crippen molar-refractivity contribution in [1.82, 2.24) is 5.32 Å². The van der Waals surface area contributed by atoms with E-state index in [4.69, 9.17) is 9.47 Å². The van der Waals surface area contributed by atoms with E-state index in [1.165, 1.54) is 18.4 Å². The predicted octanol–water partition coefficient (Wildman–Crippen LogP) is 3.62. The van der Waals surface area contributed by atoms with Gasteiger partial charge in [0.2, 0.25) is 0 Å². The van der Waals surface area contributed by atoms with Crippen molar-refractivity contribution in [2.45, 2.75) is 46.2 Å². The first kappa shape index (κ1) is 15.8. The van der Waals surface area contributed by atoms with Gasteiger partial charge in [-0.2, -0.15) is 0 Å². The first-order valence-electron chi connectivity index (χ1n) is 7.01. The smallest absolute Gasteiger partial charge is 0.127 e. The number of ether oxygens (including phenoxy) is 2. The van der Waals surface area contributed by atoms with Crippen LogP contribution >= 0.6 is 0 Å². The number of hydrogen-bond donors (Lipinski definition) is 1. The van der Waals surface area contributed by atoms with Crippen LogP contribution in [0.4, 0.5) is 0 Å². The Bertz CT molecular complexity index is 377. The molecule has 1 rings (SSSR count). The van der Waals surface area contributed by atoms with Crippen LogP contribution in [0, 0.1) is 5.92 Å². The van der Waals surface area contributed by atoms with E-state index in [0.717, 1.165) is 24.0 Å². The molecule has 0 radical (unpaired) electrons. The minimum Gasteiger partial charge on any atom is -0.497 e. The Morgan fingerprint density at radius 2 is 1.79 bits per heavy atom. The Kier molecular flexibility index (Phi) is 6.71. The number of rotatable bonds is 8. The largest absolute Gasteiger partial charge is 0.497 e. The summed E-state index contributed by atoms with van der Waals surface area (Å²) in [4.78, 5) is 0. The maximum atomic E-state index is 5.40. The predicted molar refractivity (Wildman–Crippen MR) is 79.9 cm³/mol. The molecule has 1 aromatic rings. The SMILES string of the molecule is COc1ccc(CNC(C)CCC(C)C)c(OC)c1. The zero-order valence-electron chi connectivity index (χ0n) is 12.8. The van der Waals surface area contributed by atoms with E-state index in [1.54, 1.807) is 14.2 Å². The molecule has 3 heteroatoms. The summed E-state index contributed by atoms with van der Waals surface area (Å²) in [6, 6.07) is 6.47. The molecule has 19 heavy (non-hydrogen) atoms. The standard InChI is InChI=1S/C16H27NO2/c1-12(2)6-7-13(3)17-11-14-8-9-15(18-4)10-16(14)19-5/h8-10,12-13,17H,6-7,11H2,1-5H3. The van der Waals surface area contributed by atoms with Gasteiger partial charge in [0.05, 0.1) is 14.2 Å². The highest BCUT2D eigenvalue weighted by Crippen LogP contribution is 2.24. The normalized spacial score (nSPS) is 12.5. The Morgan fingerprint density at radius 1 is 1.05 bits per heavy atom. The molecule has 1 N–H and O–H groups in total. The van der Waals surface area contributed by atoms with Gasteiger partial charge in [0.25, 0.3) is 0 Å². The molecule has 1 atom stereocenters. The lowest BCUT2D eigenvalue weighted by molar-refractivity contribution is 0.387. The van der Waals surface area contributed by atoms with Gasteiger partial charge in [-0.3, -0.25) is 0 Å². The van der Waals surface area contributed by atoms with E-state index < -0.39 is 0 Å². The average Bonchev–Trinajstić information content (AvgIpc) is 2.42. The van der Waals surface area contributed by atoms with Gasteiger partial charge in [0.15, 0.2) is 0 Å². The molecule has 3 nitrogen and oxygen atoms in total. The molecule has 0 aliphatic carbocycles. The second-order valence-electron chi connectivity index (χ2n) is 5.43. The van der Waals surface area contributed by atoms with Gasteiger partial charge in [-0.05, 0) is 31.7 Å². The molecule has 0 spiro atoms. The molecular weight excluding hydrogens is 238 g/mol. The van der Waals surface area contributed by atoms with E-state index in [2.05, 4.69) is 32.2 Å². The Labute approximate surface area is 117 Å². The summed E-state index contributed by atoms with van der Waals surface area (Å²) in [6.07, 6.45) is 2.46. The average molecular weight is 265 g/mol. The van der Waals surface area contributed by atoms with Crippen molar-refractivity contribution in [3.8, 4) is 11.5 Å². The summed E-state index contributed by atoms with van der Waals surface area (Å²) in [6.45, 7) is 7.59. The Balaban J connectivity index is 2.52. The molecule has 0 aliphatic rings. The van der Waals surface area contributed by atoms with Crippen molar-refractivity contribution < 1.29 is 9.47 Å². The summed E-state index contributed by atoms with van der Waals surface area (Å²) in [7, 11) is 3.36. The third kappa shape index (κ3) is 5.52. The second kappa shape index (κ2) is 8.05. The van der Waals surface area contributed by atoms with Crippen molar-refractivity contribution in [3.63, 3.8) is 0 Å². The van der Waals surface area contributed by atoms with Crippen molar-refractivity contribution in [2.75, 3.05) is 14.2 Å². The minimum atomic E-state index is 0.522. The van der Waals surface area contributed by atoms with Crippen LogP contribution in [0.2, 0.25) is 0 Å². The quantitative estimate of drug-likeness (QED) is 0.778. The molecule has 108 valence electrons. The molecule has 0 saturated carbocycles. The molecule has 0 aromatic heterocycles. The van der Waals surface area contributed by atoms with Crippen LogP contribution in [-0.2, 0) is 6.54 Å². The highest BCUT2D eigenvalue weighted by Gasteiger charge is 2.07. The summed E-state index contributed by atoms with van der Waals surface area (Å²) in [5, 5.41) is 3.55. The van der Waals surface area contributed by atoms with Gasteiger partial charge in [-0.1, -0.05) is 19.9 Å². The second-order valence-corrected chi connectivity index (χ2v) is 5.43. The number of benzene rings is 1. The topological polar surface area (TPSA) is 30.5 Å². The third-order valence-electron chi connectivity index (χ3n) is 3.31. The van der Waals surface area contributed by atoms with Crippen molar-refractivity contribution >= 4 is 0 Å². The summed E-state index contributed by atoms with van der Waals surface area (Å²) < 4.78 is 10.6. The van der Waals surface area contributed by atoms with Crippen LogP contribution in [-0.4, -0.2) is 20.3 Å². The van der Waals surface area contributed by atoms with Crippen LogP contribution in [0.25, 0.3) is 0 Å². The van der Waals surface area contributed by atoms with Crippen molar-refractivity contribution in [1.29, 1.82) is 0 Å². The molecular formula is C16H27NO2. The third-order valence-corrected chi connectivity index (χ3v) is 3.31. The maximum Gasteiger partial charge on any atom is 0.127 e. The van der Waals surface area contributed by atoms with Gasteiger partial charge >= 0.3 is 0 Å². The zero-order chi connectivity index (χ0) is 14.3. The fourth-order valence-corrected chi connectivity index (χ4v) is 1.97. The fourth-order valence-electron chi connectivity index (χ4n) is 1.97. The number of methoxy groups -OCH3 is 2. The lowest BCUT2D eigenvalue weighted by Crippen LogP contribution is -2.26. The molecule has 0 bridgehead atoms. The van der Waals surface area contributed by atoms with E-state index in [-0.39, 0.29) is 0 Å². The molecule has 0 heterocycles. The Hall–Kier alpha value is -1.22. The highest BCUT2D eigenvalue weighted by atomic mass is 16.5. The number of hydrogen-bond acceptors (Lipinski definition) is 3. The van der Waals surface area contributed by atoms with Gasteiger partial charge in [0.1, 0.15) is 11.5 Å². The molecule has 1 aromatic carbocycles. The summed E-state index contributed by atoms with van der Waals surface area (Å²) in [5.74, 6) is 2.47. The molecule has 1 unspecified atom stereocenters. The van der Waals surface area contributed by atoms with Crippen molar-refractivity contribution in [3.05, 3.63) is 23.8 Å². The van der Waals surface area contributed by atoms with Crippen LogP contribution in [0.15, 0.2) is 18.2 Å². The van der Waals surface area contributed by atoms with E-state index in [0.29, 0.717) is 6.04 Å². The first-order chi connectivity index (χ1) is 9.06. The first-order valence-corrected chi connectivity index (χ1v) is 7.01. The maximum absolute atomic E-state index is 5.40. The van der Waals surface area contributed by atoms with E-state index in [1.807, 2.05) is 12.1 Å². The van der Waals surface area contributed by atoms with Gasteiger partial charge in [0, 0.05) is 24.2 Å². The van der Waals surface area contributed by atoms with Crippen LogP contribution in [0.3, 0.4) is 0 Å². The van der Waals surface area contributed by atoms with Gasteiger partial charge in [-0.25, -0.2) is 0 Å². The molecule has 0 fully saturated rings. The number of nitrogens with one attached hydrogen (secondary N) is 1. The lowest BCUT2D eigenvalue weighted by atomic mass is 10.0.